The molecular formula is C16H22N6O3. The summed E-state index contributed by atoms with van der Waals surface area (Å²) in [6.07, 6.45) is 3.17. The van der Waals surface area contributed by atoms with Crippen molar-refractivity contribution in [2.75, 3.05) is 32.6 Å². The van der Waals surface area contributed by atoms with Crippen molar-refractivity contribution in [1.82, 2.24) is 24.6 Å². The van der Waals surface area contributed by atoms with Gasteiger partial charge in [-0.3, -0.25) is 9.48 Å². The summed E-state index contributed by atoms with van der Waals surface area (Å²) >= 11 is 0. The lowest BCUT2D eigenvalue weighted by molar-refractivity contribution is 0.0615. The summed E-state index contributed by atoms with van der Waals surface area (Å²) in [5.41, 5.74) is 1.06. The third-order valence-corrected chi connectivity index (χ3v) is 4.08. The molecule has 3 heterocycles. The fourth-order valence-corrected chi connectivity index (χ4v) is 2.75. The number of nitrogens with zero attached hydrogens (tertiary/aromatic N) is 5. The van der Waals surface area contributed by atoms with Gasteiger partial charge in [0, 0.05) is 26.8 Å². The van der Waals surface area contributed by atoms with Gasteiger partial charge in [0.2, 0.25) is 5.95 Å². The van der Waals surface area contributed by atoms with Crippen LogP contribution >= 0.6 is 0 Å². The molecule has 1 N–H and O–H groups in total. The van der Waals surface area contributed by atoms with Crippen LogP contribution in [0.3, 0.4) is 0 Å². The first-order valence-electron chi connectivity index (χ1n) is 8.01. The average Bonchev–Trinajstić information content (AvgIpc) is 3.22. The maximum Gasteiger partial charge on any atom is 0.272 e. The Morgan fingerprint density at radius 1 is 1.44 bits per heavy atom. The van der Waals surface area contributed by atoms with Gasteiger partial charge in [-0.1, -0.05) is 0 Å². The molecule has 9 heteroatoms. The lowest BCUT2D eigenvalue weighted by Gasteiger charge is -2.28. The highest BCUT2D eigenvalue weighted by molar-refractivity contribution is 5.92. The van der Waals surface area contributed by atoms with Crippen molar-refractivity contribution in [3.8, 4) is 5.75 Å². The SMILES string of the molecule is CNc1nc(C)cc(C(=O)N(C)[C@H]2COC[C@H]2Oc2cnn(C)c2)n1. The number of aromatic nitrogens is 4. The van der Waals surface area contributed by atoms with Gasteiger partial charge in [0.1, 0.15) is 11.8 Å². The minimum atomic E-state index is -0.259. The normalized spacial score (nSPS) is 19.7. The average molecular weight is 346 g/mol. The number of hydrogen-bond donors (Lipinski definition) is 1. The standard InChI is InChI=1S/C16H22N6O3/c1-10-5-12(20-16(17-2)19-10)15(23)22(4)13-8-24-9-14(13)25-11-6-18-21(3)7-11/h5-7,13-14H,8-9H2,1-4H3,(H,17,19,20)/t13-,14+/m0/s1. The van der Waals surface area contributed by atoms with Crippen molar-refractivity contribution >= 4 is 11.9 Å². The Labute approximate surface area is 146 Å². The molecule has 0 aliphatic carbocycles. The lowest BCUT2D eigenvalue weighted by Crippen LogP contribution is -2.46. The van der Waals surface area contributed by atoms with Gasteiger partial charge in [-0.15, -0.1) is 0 Å². The third-order valence-electron chi connectivity index (χ3n) is 4.08. The molecule has 0 saturated carbocycles. The molecule has 2 aromatic heterocycles. The molecule has 1 amide bonds. The number of carbonyl (C=O) groups excluding carboxylic acids is 1. The topological polar surface area (TPSA) is 94.4 Å². The molecule has 0 radical (unpaired) electrons. The molecule has 2 atom stereocenters. The van der Waals surface area contributed by atoms with Gasteiger partial charge in [0.15, 0.2) is 5.75 Å². The Hall–Kier alpha value is -2.68. The number of anilines is 1. The molecule has 0 unspecified atom stereocenters. The Balaban J connectivity index is 1.75. The first-order valence-corrected chi connectivity index (χ1v) is 8.01. The van der Waals surface area contributed by atoms with Crippen molar-refractivity contribution in [3.63, 3.8) is 0 Å². The Morgan fingerprint density at radius 2 is 2.24 bits per heavy atom. The van der Waals surface area contributed by atoms with Gasteiger partial charge < -0.3 is 19.7 Å². The number of likely N-dealkylation sites (N-methyl/N-ethyl adjacent to an activating group) is 1. The van der Waals surface area contributed by atoms with Crippen molar-refractivity contribution in [3.05, 3.63) is 29.8 Å². The summed E-state index contributed by atoms with van der Waals surface area (Å²) in [5, 5.41) is 6.95. The van der Waals surface area contributed by atoms with Crippen molar-refractivity contribution < 1.29 is 14.3 Å². The molecule has 0 spiro atoms. The smallest absolute Gasteiger partial charge is 0.272 e. The predicted octanol–water partition coefficient (Wildman–Crippen LogP) is 0.479. The maximum absolute atomic E-state index is 12.8. The van der Waals surface area contributed by atoms with Crippen LogP contribution in [0, 0.1) is 6.92 Å². The summed E-state index contributed by atoms with van der Waals surface area (Å²) in [6.45, 7) is 2.66. The molecule has 3 rings (SSSR count). The maximum atomic E-state index is 12.8. The third kappa shape index (κ3) is 3.71. The molecular weight excluding hydrogens is 324 g/mol. The largest absolute Gasteiger partial charge is 0.482 e. The summed E-state index contributed by atoms with van der Waals surface area (Å²) in [4.78, 5) is 22.9. The zero-order valence-corrected chi connectivity index (χ0v) is 14.8. The quantitative estimate of drug-likeness (QED) is 0.841. The van der Waals surface area contributed by atoms with Gasteiger partial charge >= 0.3 is 0 Å². The van der Waals surface area contributed by atoms with Crippen molar-refractivity contribution in [2.45, 2.75) is 19.1 Å². The van der Waals surface area contributed by atoms with E-state index in [-0.39, 0.29) is 18.1 Å². The van der Waals surface area contributed by atoms with Gasteiger partial charge in [0.05, 0.1) is 31.6 Å². The molecule has 0 bridgehead atoms. The first kappa shape index (κ1) is 17.2. The number of aryl methyl sites for hydroxylation is 2. The van der Waals surface area contributed by atoms with E-state index in [1.165, 1.54) is 0 Å². The highest BCUT2D eigenvalue weighted by Gasteiger charge is 2.36. The number of carbonyl (C=O) groups is 1. The van der Waals surface area contributed by atoms with Crippen molar-refractivity contribution in [1.29, 1.82) is 0 Å². The minimum absolute atomic E-state index is 0.197. The number of amides is 1. The van der Waals surface area contributed by atoms with Gasteiger partial charge in [-0.05, 0) is 13.0 Å². The minimum Gasteiger partial charge on any atom is -0.482 e. The van der Waals surface area contributed by atoms with Crippen LogP contribution in [0.2, 0.25) is 0 Å². The van der Waals surface area contributed by atoms with E-state index in [1.54, 1.807) is 42.1 Å². The van der Waals surface area contributed by atoms with Crippen LogP contribution in [0.5, 0.6) is 5.75 Å². The number of rotatable bonds is 5. The molecule has 1 fully saturated rings. The molecule has 134 valence electrons. The van der Waals surface area contributed by atoms with Gasteiger partial charge in [-0.2, -0.15) is 5.10 Å². The number of hydrogen-bond acceptors (Lipinski definition) is 7. The van der Waals surface area contributed by atoms with Crippen LogP contribution in [0.1, 0.15) is 16.2 Å². The van der Waals surface area contributed by atoms with E-state index < -0.39 is 0 Å². The summed E-state index contributed by atoms with van der Waals surface area (Å²) in [7, 11) is 5.27. The van der Waals surface area contributed by atoms with Gasteiger partial charge in [-0.25, -0.2) is 9.97 Å². The zero-order chi connectivity index (χ0) is 18.0. The Kier molecular flexibility index (Phi) is 4.84. The van der Waals surface area contributed by atoms with Crippen molar-refractivity contribution in [2.24, 2.45) is 7.05 Å². The Morgan fingerprint density at radius 3 is 2.92 bits per heavy atom. The highest BCUT2D eigenvalue weighted by atomic mass is 16.5. The molecule has 25 heavy (non-hydrogen) atoms. The van der Waals surface area contributed by atoms with E-state index >= 15 is 0 Å². The van der Waals surface area contributed by atoms with Crippen LogP contribution < -0.4 is 10.1 Å². The monoisotopic (exact) mass is 346 g/mol. The molecule has 1 aliphatic rings. The number of ether oxygens (including phenoxy) is 2. The second-order valence-corrected chi connectivity index (χ2v) is 6.00. The number of nitrogens with one attached hydrogen (secondary N) is 1. The summed E-state index contributed by atoms with van der Waals surface area (Å²) < 4.78 is 13.1. The second-order valence-electron chi connectivity index (χ2n) is 6.00. The molecule has 0 aromatic carbocycles. The Bertz CT molecular complexity index is 762. The lowest BCUT2D eigenvalue weighted by atomic mass is 10.1. The fourth-order valence-electron chi connectivity index (χ4n) is 2.75. The second kappa shape index (κ2) is 7.06. The molecule has 9 nitrogen and oxygen atoms in total. The molecule has 1 saturated heterocycles. The summed E-state index contributed by atoms with van der Waals surface area (Å²) in [6, 6.07) is 1.47. The zero-order valence-electron chi connectivity index (χ0n) is 14.8. The fraction of sp³-hybridized carbons (Fsp3) is 0.500. The van der Waals surface area contributed by atoms with Crippen LogP contribution in [-0.4, -0.2) is 70.0 Å². The summed E-state index contributed by atoms with van der Waals surface area (Å²) in [5.74, 6) is 0.874. The van der Waals surface area contributed by atoms with E-state index in [1.807, 2.05) is 14.0 Å². The molecule has 2 aromatic rings. The van der Waals surface area contributed by atoms with E-state index in [2.05, 4.69) is 20.4 Å². The van der Waals surface area contributed by atoms with Crippen LogP contribution in [0.25, 0.3) is 0 Å². The van der Waals surface area contributed by atoms with Crippen LogP contribution in [0.4, 0.5) is 5.95 Å². The molecule has 1 aliphatic heterocycles. The van der Waals surface area contributed by atoms with E-state index in [9.17, 15) is 4.79 Å². The van der Waals surface area contributed by atoms with E-state index in [0.29, 0.717) is 30.6 Å². The van der Waals surface area contributed by atoms with E-state index in [4.69, 9.17) is 9.47 Å². The van der Waals surface area contributed by atoms with E-state index in [0.717, 1.165) is 5.69 Å². The van der Waals surface area contributed by atoms with Gasteiger partial charge in [0.25, 0.3) is 5.91 Å². The first-order chi connectivity index (χ1) is 12.0. The predicted molar refractivity (Wildman–Crippen MR) is 90.6 cm³/mol. The van der Waals surface area contributed by atoms with Crippen LogP contribution in [0.15, 0.2) is 18.5 Å². The van der Waals surface area contributed by atoms with Crippen LogP contribution in [-0.2, 0) is 11.8 Å². The highest BCUT2D eigenvalue weighted by Crippen LogP contribution is 2.20.